The summed E-state index contributed by atoms with van der Waals surface area (Å²) in [5.41, 5.74) is -0.809. The van der Waals surface area contributed by atoms with Crippen molar-refractivity contribution in [2.75, 3.05) is 0 Å². The first-order chi connectivity index (χ1) is 5.54. The van der Waals surface area contributed by atoms with Gasteiger partial charge in [0, 0.05) is 12.4 Å². The lowest BCUT2D eigenvalue weighted by atomic mass is 10.3. The molecule has 0 aliphatic rings. The minimum atomic E-state index is -4.34. The molecule has 0 unspecified atom stereocenters. The molecule has 0 aliphatic carbocycles. The summed E-state index contributed by atoms with van der Waals surface area (Å²) < 4.78 is 36.3. The van der Waals surface area contributed by atoms with Crippen LogP contribution in [0.3, 0.4) is 0 Å². The zero-order chi connectivity index (χ0) is 9.19. The first-order valence-electron chi connectivity index (χ1n) is 2.98. The summed E-state index contributed by atoms with van der Waals surface area (Å²) in [5, 5.41) is 0. The van der Waals surface area contributed by atoms with E-state index in [1.54, 1.807) is 0 Å². The van der Waals surface area contributed by atoms with E-state index in [-0.39, 0.29) is 0 Å². The van der Waals surface area contributed by atoms with Crippen molar-refractivity contribution in [2.45, 2.75) is 10.6 Å². The molecule has 1 heterocycles. The maximum Gasteiger partial charge on any atom is 0.419 e. The maximum atomic E-state index is 11.9. The summed E-state index contributed by atoms with van der Waals surface area (Å²) in [6.45, 7) is 0. The number of hydrogen-bond acceptors (Lipinski definition) is 2. The zero-order valence-corrected chi connectivity index (χ0v) is 7.93. The molecule has 0 radical (unpaired) electrons. The Hall–Kier alpha value is -0.400. The predicted molar refractivity (Wildman–Crippen MR) is 44.8 cm³/mol. The topological polar surface area (TPSA) is 25.8 Å². The van der Waals surface area contributed by atoms with Gasteiger partial charge in [0.1, 0.15) is 5.82 Å². The Balaban J connectivity index is 2.93. The van der Waals surface area contributed by atoms with Crippen molar-refractivity contribution in [3.05, 3.63) is 23.8 Å². The van der Waals surface area contributed by atoms with Crippen molar-refractivity contribution in [3.8, 4) is 0 Å². The molecule has 0 fully saturated rings. The van der Waals surface area contributed by atoms with E-state index >= 15 is 0 Å². The quantitative estimate of drug-likeness (QED) is 0.586. The lowest BCUT2D eigenvalue weighted by Crippen LogP contribution is -2.07. The molecule has 0 saturated heterocycles. The van der Waals surface area contributed by atoms with Gasteiger partial charge in [0.25, 0.3) is 0 Å². The van der Waals surface area contributed by atoms with Gasteiger partial charge in [-0.05, 0) is 0 Å². The molecule has 0 aliphatic heterocycles. The van der Waals surface area contributed by atoms with Crippen LogP contribution < -0.4 is 0 Å². The average Bonchev–Trinajstić information content (AvgIpc) is 2.03. The predicted octanol–water partition coefficient (Wildman–Crippen LogP) is 2.43. The molecule has 6 heteroatoms. The van der Waals surface area contributed by atoms with Gasteiger partial charge in [-0.2, -0.15) is 13.2 Å². The Morgan fingerprint density at radius 3 is 2.08 bits per heavy atom. The summed E-state index contributed by atoms with van der Waals surface area (Å²) in [5.74, 6) is 0.406. The zero-order valence-electron chi connectivity index (χ0n) is 5.77. The van der Waals surface area contributed by atoms with Gasteiger partial charge in [0.2, 0.25) is 0 Å². The molecule has 0 aromatic carbocycles. The van der Waals surface area contributed by atoms with Gasteiger partial charge in [0.05, 0.1) is 9.99 Å². The van der Waals surface area contributed by atoms with E-state index in [4.69, 9.17) is 0 Å². The van der Waals surface area contributed by atoms with Crippen molar-refractivity contribution < 1.29 is 13.2 Å². The van der Waals surface area contributed by atoms with Crippen molar-refractivity contribution in [3.63, 3.8) is 0 Å². The van der Waals surface area contributed by atoms with Crippen LogP contribution in [-0.4, -0.2) is 9.97 Å². The first kappa shape index (κ1) is 9.69. The van der Waals surface area contributed by atoms with Crippen LogP contribution in [0.2, 0.25) is 0 Å². The minimum Gasteiger partial charge on any atom is -0.240 e. The number of hydrogen-bond donors (Lipinski definition) is 0. The molecule has 0 bridgehead atoms. The highest BCUT2D eigenvalue weighted by molar-refractivity contribution is 14.1. The van der Waals surface area contributed by atoms with Gasteiger partial charge in [-0.25, -0.2) is 9.97 Å². The van der Waals surface area contributed by atoms with Gasteiger partial charge in [-0.15, -0.1) is 0 Å². The highest BCUT2D eigenvalue weighted by Gasteiger charge is 2.31. The second-order valence-electron chi connectivity index (χ2n) is 2.02. The summed E-state index contributed by atoms with van der Waals surface area (Å²) in [4.78, 5) is 7.05. The molecule has 0 amide bonds. The number of aromatic nitrogens is 2. The third-order valence-corrected chi connectivity index (χ3v) is 1.83. The summed E-state index contributed by atoms with van der Waals surface area (Å²) >= 11 is 1.98. The second-order valence-corrected chi connectivity index (χ2v) is 2.78. The molecule has 0 saturated carbocycles. The van der Waals surface area contributed by atoms with Crippen molar-refractivity contribution >= 4 is 22.6 Å². The van der Waals surface area contributed by atoms with E-state index in [9.17, 15) is 13.2 Å². The van der Waals surface area contributed by atoms with Crippen molar-refractivity contribution in [1.82, 2.24) is 9.97 Å². The molecule has 66 valence electrons. The number of halogens is 4. The van der Waals surface area contributed by atoms with E-state index < -0.39 is 11.7 Å². The lowest BCUT2D eigenvalue weighted by molar-refractivity contribution is -0.138. The Morgan fingerprint density at radius 2 is 1.75 bits per heavy atom. The van der Waals surface area contributed by atoms with Crippen LogP contribution >= 0.6 is 22.6 Å². The van der Waals surface area contributed by atoms with Crippen LogP contribution in [0.15, 0.2) is 12.4 Å². The summed E-state index contributed by atoms with van der Waals surface area (Å²) in [7, 11) is 0. The lowest BCUT2D eigenvalue weighted by Gasteiger charge is -2.04. The fourth-order valence-corrected chi connectivity index (χ4v) is 0.964. The number of rotatable bonds is 1. The van der Waals surface area contributed by atoms with Gasteiger partial charge < -0.3 is 0 Å². The Bertz CT molecular complexity index is 256. The molecule has 1 aromatic rings. The normalized spacial score (nSPS) is 11.7. The maximum absolute atomic E-state index is 11.9. The van der Waals surface area contributed by atoms with Gasteiger partial charge in [0.15, 0.2) is 0 Å². The summed E-state index contributed by atoms with van der Waals surface area (Å²) in [6.07, 6.45) is -2.76. The molecule has 0 atom stereocenters. The number of alkyl halides is 4. The number of nitrogens with zero attached hydrogens (tertiary/aromatic N) is 2. The SMILES string of the molecule is FC(F)(F)c1cnc(CI)nc1. The van der Waals surface area contributed by atoms with Crippen molar-refractivity contribution in [1.29, 1.82) is 0 Å². The Morgan fingerprint density at radius 1 is 1.25 bits per heavy atom. The largest absolute Gasteiger partial charge is 0.419 e. The smallest absolute Gasteiger partial charge is 0.240 e. The van der Waals surface area contributed by atoms with Crippen molar-refractivity contribution in [2.24, 2.45) is 0 Å². The van der Waals surface area contributed by atoms with Gasteiger partial charge in [-0.3, -0.25) is 0 Å². The molecule has 0 spiro atoms. The fraction of sp³-hybridized carbons (Fsp3) is 0.333. The molecule has 0 N–H and O–H groups in total. The van der Waals surface area contributed by atoms with Gasteiger partial charge in [-0.1, -0.05) is 22.6 Å². The Labute approximate surface area is 80.4 Å². The minimum absolute atomic E-state index is 0.406. The third kappa shape index (κ3) is 2.29. The first-order valence-corrected chi connectivity index (χ1v) is 4.50. The van der Waals surface area contributed by atoms with Gasteiger partial charge >= 0.3 is 6.18 Å². The molecule has 1 rings (SSSR count). The van der Waals surface area contributed by atoms with Crippen LogP contribution in [-0.2, 0) is 10.6 Å². The summed E-state index contributed by atoms with van der Waals surface area (Å²) in [6, 6.07) is 0. The van der Waals surface area contributed by atoms with Crippen LogP contribution in [0.1, 0.15) is 11.4 Å². The van der Waals surface area contributed by atoms with E-state index in [2.05, 4.69) is 9.97 Å². The highest BCUT2D eigenvalue weighted by Crippen LogP contribution is 2.27. The van der Waals surface area contributed by atoms with Crippen LogP contribution in [0, 0.1) is 0 Å². The highest BCUT2D eigenvalue weighted by atomic mass is 127. The molecular weight excluding hydrogens is 284 g/mol. The van der Waals surface area contributed by atoms with E-state index in [1.807, 2.05) is 22.6 Å². The third-order valence-electron chi connectivity index (χ3n) is 1.15. The molecule has 1 aromatic heterocycles. The molecule has 12 heavy (non-hydrogen) atoms. The Kier molecular flexibility index (Phi) is 2.86. The van der Waals surface area contributed by atoms with Crippen LogP contribution in [0.5, 0.6) is 0 Å². The molecular formula is C6H4F3IN2. The van der Waals surface area contributed by atoms with E-state index in [0.29, 0.717) is 10.3 Å². The fourth-order valence-electron chi connectivity index (χ4n) is 0.570. The standard InChI is InChI=1S/C6H4F3IN2/c7-6(8,9)4-2-11-5(1-10)12-3-4/h2-3H,1H2. The van der Waals surface area contributed by atoms with E-state index in [0.717, 1.165) is 12.4 Å². The average molecular weight is 288 g/mol. The molecule has 2 nitrogen and oxygen atoms in total. The van der Waals surface area contributed by atoms with Crippen LogP contribution in [0.4, 0.5) is 13.2 Å². The monoisotopic (exact) mass is 288 g/mol. The van der Waals surface area contributed by atoms with E-state index in [1.165, 1.54) is 0 Å². The van der Waals surface area contributed by atoms with Crippen LogP contribution in [0.25, 0.3) is 0 Å². The second kappa shape index (κ2) is 3.55.